The zero-order chi connectivity index (χ0) is 15.8. The number of nitrogens with zero attached hydrogens (tertiary/aromatic N) is 1. The lowest BCUT2D eigenvalue weighted by atomic mass is 10.2. The Morgan fingerprint density at radius 3 is 2.67 bits per heavy atom. The number of hydrogen-bond acceptors (Lipinski definition) is 3. The fourth-order valence-electron chi connectivity index (χ4n) is 1.93. The summed E-state index contributed by atoms with van der Waals surface area (Å²) in [5.41, 5.74) is 3.60. The lowest BCUT2D eigenvalue weighted by Gasteiger charge is -2.23. The molecule has 1 aromatic carbocycles. The summed E-state index contributed by atoms with van der Waals surface area (Å²) in [4.78, 5) is 4.56. The number of hydrogen-bond donors (Lipinski definition) is 1. The van der Waals surface area contributed by atoms with Crippen LogP contribution in [0, 0.1) is 13.8 Å². The summed E-state index contributed by atoms with van der Waals surface area (Å²) in [6.07, 6.45) is 3.85. The molecule has 3 heteroatoms. The van der Waals surface area contributed by atoms with Gasteiger partial charge in [-0.3, -0.25) is 0 Å². The van der Waals surface area contributed by atoms with Gasteiger partial charge >= 0.3 is 0 Å². The summed E-state index contributed by atoms with van der Waals surface area (Å²) in [5, 5.41) is 3.16. The first-order valence-corrected chi connectivity index (χ1v) is 7.94. The highest BCUT2D eigenvalue weighted by Crippen LogP contribution is 2.34. The van der Waals surface area contributed by atoms with Crippen LogP contribution >= 0.6 is 11.8 Å². The fourth-order valence-corrected chi connectivity index (χ4v) is 2.96. The molecule has 0 aliphatic rings. The average Bonchev–Trinajstić information content (AvgIpc) is 2.46. The Morgan fingerprint density at radius 1 is 1.38 bits per heavy atom. The van der Waals surface area contributed by atoms with Gasteiger partial charge in [-0.2, -0.15) is 0 Å². The third-order valence-corrected chi connectivity index (χ3v) is 4.53. The van der Waals surface area contributed by atoms with Gasteiger partial charge in [-0.05, 0) is 38.6 Å². The van der Waals surface area contributed by atoms with Gasteiger partial charge in [-0.1, -0.05) is 48.7 Å². The van der Waals surface area contributed by atoms with Gasteiger partial charge < -0.3 is 10.2 Å². The highest BCUT2D eigenvalue weighted by molar-refractivity contribution is 8.03. The van der Waals surface area contributed by atoms with Crippen molar-refractivity contribution in [3.8, 4) is 0 Å². The van der Waals surface area contributed by atoms with Gasteiger partial charge in [-0.15, -0.1) is 0 Å². The second-order valence-electron chi connectivity index (χ2n) is 5.11. The smallest absolute Gasteiger partial charge is 0.0432 e. The summed E-state index contributed by atoms with van der Waals surface area (Å²) in [7, 11) is 4.03. The molecule has 0 heterocycles. The number of aryl methyl sites for hydroxylation is 2. The molecule has 0 saturated carbocycles. The summed E-state index contributed by atoms with van der Waals surface area (Å²) in [6.45, 7) is 14.2. The van der Waals surface area contributed by atoms with E-state index in [9.17, 15) is 0 Å². The van der Waals surface area contributed by atoms with Gasteiger partial charge in [0.25, 0.3) is 0 Å². The van der Waals surface area contributed by atoms with Crippen molar-refractivity contribution in [2.24, 2.45) is 0 Å². The van der Waals surface area contributed by atoms with Gasteiger partial charge in [0.05, 0.1) is 0 Å². The first-order valence-electron chi connectivity index (χ1n) is 7.12. The zero-order valence-electron chi connectivity index (χ0n) is 13.6. The molecule has 0 fully saturated rings. The molecule has 1 rings (SSSR count). The van der Waals surface area contributed by atoms with Crippen LogP contribution in [0.1, 0.15) is 11.1 Å². The summed E-state index contributed by atoms with van der Waals surface area (Å²) in [6, 6.07) is 6.53. The van der Waals surface area contributed by atoms with E-state index in [-0.39, 0.29) is 0 Å². The molecule has 0 bridgehead atoms. The Hall–Kier alpha value is -1.45. The van der Waals surface area contributed by atoms with E-state index in [1.54, 1.807) is 11.8 Å². The Morgan fingerprint density at radius 2 is 2.10 bits per heavy atom. The van der Waals surface area contributed by atoms with Gasteiger partial charge in [0.1, 0.15) is 0 Å². The Labute approximate surface area is 133 Å². The standard InChI is InChI=1S/C18H26N2S/c1-7-8-18(16(4)20(6)12-11-19-5)21-17-10-9-14(2)13-15(17)3/h7-10,13,19H,1,4,11-12H2,2-3,5-6H3/b18-8+. The van der Waals surface area contributed by atoms with Gasteiger partial charge in [-0.25, -0.2) is 0 Å². The Kier molecular flexibility index (Phi) is 7.34. The second-order valence-corrected chi connectivity index (χ2v) is 6.19. The van der Waals surface area contributed by atoms with Gasteiger partial charge in [0, 0.05) is 35.6 Å². The molecule has 0 spiro atoms. The van der Waals surface area contributed by atoms with Gasteiger partial charge in [0.15, 0.2) is 0 Å². The molecule has 2 nitrogen and oxygen atoms in total. The molecule has 0 amide bonds. The molecule has 0 saturated heterocycles. The third-order valence-electron chi connectivity index (χ3n) is 3.26. The highest BCUT2D eigenvalue weighted by atomic mass is 32.2. The predicted molar refractivity (Wildman–Crippen MR) is 95.7 cm³/mol. The van der Waals surface area contributed by atoms with Gasteiger partial charge in [0.2, 0.25) is 0 Å². The van der Waals surface area contributed by atoms with E-state index in [0.717, 1.165) is 23.7 Å². The van der Waals surface area contributed by atoms with Crippen molar-refractivity contribution < 1.29 is 0 Å². The fraction of sp³-hybridized carbons (Fsp3) is 0.333. The van der Waals surface area contributed by atoms with E-state index in [1.165, 1.54) is 16.0 Å². The van der Waals surface area contributed by atoms with Crippen LogP contribution in [0.4, 0.5) is 0 Å². The maximum Gasteiger partial charge on any atom is 0.0432 e. The lowest BCUT2D eigenvalue weighted by Crippen LogP contribution is -2.26. The molecule has 1 aromatic rings. The first kappa shape index (κ1) is 17.6. The molecule has 0 radical (unpaired) electrons. The number of likely N-dealkylation sites (N-methyl/N-ethyl adjacent to an activating group) is 2. The van der Waals surface area contributed by atoms with Crippen LogP contribution in [-0.4, -0.2) is 32.1 Å². The molecule has 0 aliphatic heterocycles. The molecule has 1 N–H and O–H groups in total. The van der Waals surface area contributed by atoms with Crippen molar-refractivity contribution in [1.29, 1.82) is 0 Å². The lowest BCUT2D eigenvalue weighted by molar-refractivity contribution is 0.427. The second kappa shape index (κ2) is 8.75. The maximum atomic E-state index is 4.23. The third kappa shape index (κ3) is 5.44. The van der Waals surface area contributed by atoms with Crippen LogP contribution in [0.3, 0.4) is 0 Å². The average molecular weight is 302 g/mol. The quantitative estimate of drug-likeness (QED) is 0.574. The minimum atomic E-state index is 0.928. The molecular formula is C18H26N2S. The number of nitrogens with one attached hydrogen (secondary N) is 1. The number of benzene rings is 1. The highest BCUT2D eigenvalue weighted by Gasteiger charge is 2.10. The van der Waals surface area contributed by atoms with Crippen molar-refractivity contribution in [2.75, 3.05) is 27.2 Å². The van der Waals surface area contributed by atoms with Crippen molar-refractivity contribution >= 4 is 11.8 Å². The number of rotatable bonds is 8. The van der Waals surface area contributed by atoms with E-state index in [4.69, 9.17) is 0 Å². The normalized spacial score (nSPS) is 11.3. The summed E-state index contributed by atoms with van der Waals surface area (Å²) < 4.78 is 0. The van der Waals surface area contributed by atoms with Crippen molar-refractivity contribution in [1.82, 2.24) is 10.2 Å². The Balaban J connectivity index is 2.90. The number of thioether (sulfide) groups is 1. The maximum absolute atomic E-state index is 4.23. The monoisotopic (exact) mass is 302 g/mol. The molecule has 0 unspecified atom stereocenters. The zero-order valence-corrected chi connectivity index (χ0v) is 14.4. The SMILES string of the molecule is C=C/C=C(/Sc1ccc(C)cc1C)C(=C)N(C)CCNC. The van der Waals surface area contributed by atoms with Crippen LogP contribution in [0.25, 0.3) is 0 Å². The topological polar surface area (TPSA) is 15.3 Å². The minimum Gasteiger partial charge on any atom is -0.373 e. The molecule has 0 atom stereocenters. The van der Waals surface area contributed by atoms with Crippen molar-refractivity contribution in [3.05, 3.63) is 65.2 Å². The summed E-state index contributed by atoms with van der Waals surface area (Å²) in [5.74, 6) is 0. The van der Waals surface area contributed by atoms with Crippen LogP contribution in [0.2, 0.25) is 0 Å². The van der Waals surface area contributed by atoms with Crippen LogP contribution in [0.5, 0.6) is 0 Å². The Bertz CT molecular complexity index is 532. The molecule has 0 aromatic heterocycles. The van der Waals surface area contributed by atoms with Crippen molar-refractivity contribution in [3.63, 3.8) is 0 Å². The van der Waals surface area contributed by atoms with E-state index in [0.29, 0.717) is 0 Å². The number of allylic oxidation sites excluding steroid dienone is 2. The van der Waals surface area contributed by atoms with Crippen LogP contribution in [-0.2, 0) is 0 Å². The first-order chi connectivity index (χ1) is 9.99. The molecule has 0 aliphatic carbocycles. The van der Waals surface area contributed by atoms with Crippen molar-refractivity contribution in [2.45, 2.75) is 18.7 Å². The van der Waals surface area contributed by atoms with E-state index in [2.05, 4.69) is 62.5 Å². The molecule has 21 heavy (non-hydrogen) atoms. The largest absolute Gasteiger partial charge is 0.373 e. The van der Waals surface area contributed by atoms with E-state index < -0.39 is 0 Å². The minimum absolute atomic E-state index is 0.928. The van der Waals surface area contributed by atoms with Crippen LogP contribution in [0.15, 0.2) is 59.0 Å². The predicted octanol–water partition coefficient (Wildman–Crippen LogP) is 4.13. The van der Waals surface area contributed by atoms with E-state index >= 15 is 0 Å². The summed E-state index contributed by atoms with van der Waals surface area (Å²) >= 11 is 1.75. The molecular weight excluding hydrogens is 276 g/mol. The molecule has 114 valence electrons. The van der Waals surface area contributed by atoms with E-state index in [1.807, 2.05) is 19.2 Å². The van der Waals surface area contributed by atoms with Crippen LogP contribution < -0.4 is 5.32 Å².